The monoisotopic (exact) mass is 201 g/mol. The number of carbonyl (C=O) groups excluding carboxylic acids is 1. The van der Waals surface area contributed by atoms with Crippen molar-refractivity contribution < 1.29 is 13.2 Å². The molecule has 0 aromatic rings. The molecule has 4 nitrogen and oxygen atoms in total. The van der Waals surface area contributed by atoms with Gasteiger partial charge < -0.3 is 4.90 Å². The van der Waals surface area contributed by atoms with Crippen LogP contribution in [-0.4, -0.2) is 30.1 Å². The van der Waals surface area contributed by atoms with Crippen LogP contribution in [-0.2, 0) is 15.1 Å². The molecule has 0 saturated carbocycles. The summed E-state index contributed by atoms with van der Waals surface area (Å²) in [6, 6.07) is -0.0115. The Kier molecular flexibility index (Phi) is 2.87. The van der Waals surface area contributed by atoms with Crippen LogP contribution in [0, 0.1) is 0 Å². The summed E-state index contributed by atoms with van der Waals surface area (Å²) in [5.41, 5.74) is 0. The van der Waals surface area contributed by atoms with Crippen LogP contribution >= 0.6 is 0 Å². The molecular weight excluding hydrogens is 190 g/mol. The average molecular weight is 201 g/mol. The van der Waals surface area contributed by atoms with Gasteiger partial charge in [0.05, 0.1) is 0 Å². The molecule has 72 valence electrons. The Hall–Kier alpha value is -1.10. The van der Waals surface area contributed by atoms with E-state index < -0.39 is 16.2 Å². The largest absolute Gasteiger partial charge is 0.312 e. The van der Waals surface area contributed by atoms with E-state index in [1.54, 1.807) is 12.3 Å². The average Bonchev–Trinajstić information content (AvgIpc) is 2.03. The minimum Gasteiger partial charge on any atom is -0.312 e. The van der Waals surface area contributed by atoms with E-state index in [9.17, 15) is 13.2 Å². The zero-order valence-corrected chi connectivity index (χ0v) is 8.34. The SMILES string of the molecule is CC(C)N1C=CCC(=S(=O)=O)C1=O. The molecule has 1 rings (SSSR count). The second kappa shape index (κ2) is 3.74. The van der Waals surface area contributed by atoms with Gasteiger partial charge >= 0.3 is 0 Å². The summed E-state index contributed by atoms with van der Waals surface area (Å²) in [6.45, 7) is 3.66. The molecule has 0 N–H and O–H groups in total. The van der Waals surface area contributed by atoms with Crippen molar-refractivity contribution in [3.05, 3.63) is 12.3 Å². The zero-order valence-electron chi connectivity index (χ0n) is 7.52. The normalized spacial score (nSPS) is 17.0. The molecule has 0 unspecified atom stereocenters. The Morgan fingerprint density at radius 1 is 1.46 bits per heavy atom. The lowest BCUT2D eigenvalue weighted by molar-refractivity contribution is -0.123. The van der Waals surface area contributed by atoms with E-state index in [1.807, 2.05) is 13.8 Å². The summed E-state index contributed by atoms with van der Waals surface area (Å²) in [4.78, 5) is 12.8. The van der Waals surface area contributed by atoms with E-state index in [0.29, 0.717) is 0 Å². The van der Waals surface area contributed by atoms with Crippen molar-refractivity contribution in [1.29, 1.82) is 0 Å². The number of allylic oxidation sites excluding steroid dienone is 1. The quantitative estimate of drug-likeness (QED) is 0.569. The molecular formula is C8H11NO3S. The lowest BCUT2D eigenvalue weighted by atomic mass is 10.2. The van der Waals surface area contributed by atoms with Crippen LogP contribution in [0.15, 0.2) is 12.3 Å². The predicted molar refractivity (Wildman–Crippen MR) is 49.7 cm³/mol. The Morgan fingerprint density at radius 3 is 2.54 bits per heavy atom. The van der Waals surface area contributed by atoms with Gasteiger partial charge in [-0.05, 0) is 13.8 Å². The van der Waals surface area contributed by atoms with E-state index in [2.05, 4.69) is 0 Å². The van der Waals surface area contributed by atoms with Crippen LogP contribution in [0.2, 0.25) is 0 Å². The number of hydrogen-bond acceptors (Lipinski definition) is 3. The van der Waals surface area contributed by atoms with Crippen LogP contribution in [0.3, 0.4) is 0 Å². The minimum atomic E-state index is -2.40. The second-order valence-corrected chi connectivity index (χ2v) is 4.02. The van der Waals surface area contributed by atoms with Crippen molar-refractivity contribution in [3.8, 4) is 0 Å². The van der Waals surface area contributed by atoms with E-state index in [0.717, 1.165) is 0 Å². The van der Waals surface area contributed by atoms with E-state index in [-0.39, 0.29) is 17.3 Å². The van der Waals surface area contributed by atoms with Gasteiger partial charge in [-0.2, -0.15) is 8.42 Å². The van der Waals surface area contributed by atoms with Gasteiger partial charge in [0.25, 0.3) is 5.91 Å². The molecule has 1 aliphatic rings. The van der Waals surface area contributed by atoms with Gasteiger partial charge in [0.15, 0.2) is 0 Å². The highest BCUT2D eigenvalue weighted by molar-refractivity contribution is 7.74. The Morgan fingerprint density at radius 2 is 2.08 bits per heavy atom. The first-order chi connectivity index (χ1) is 6.04. The number of amides is 1. The molecule has 0 aromatic heterocycles. The zero-order chi connectivity index (χ0) is 10.0. The van der Waals surface area contributed by atoms with Crippen molar-refractivity contribution >= 4 is 21.1 Å². The molecule has 0 saturated heterocycles. The van der Waals surface area contributed by atoms with Gasteiger partial charge in [0.2, 0.25) is 10.3 Å². The summed E-state index contributed by atoms with van der Waals surface area (Å²) in [5, 5.41) is 0. The number of hydrogen-bond donors (Lipinski definition) is 0. The molecule has 0 radical (unpaired) electrons. The van der Waals surface area contributed by atoms with Gasteiger partial charge in [0.1, 0.15) is 4.86 Å². The molecule has 0 atom stereocenters. The van der Waals surface area contributed by atoms with Crippen LogP contribution < -0.4 is 0 Å². The summed E-state index contributed by atoms with van der Waals surface area (Å²) in [7, 11) is -2.40. The molecule has 1 amide bonds. The van der Waals surface area contributed by atoms with E-state index >= 15 is 0 Å². The van der Waals surface area contributed by atoms with Gasteiger partial charge in [-0.25, -0.2) is 0 Å². The van der Waals surface area contributed by atoms with Crippen molar-refractivity contribution in [3.63, 3.8) is 0 Å². The molecule has 1 aliphatic heterocycles. The molecule has 0 aromatic carbocycles. The first-order valence-electron chi connectivity index (χ1n) is 3.98. The van der Waals surface area contributed by atoms with Gasteiger partial charge in [-0.15, -0.1) is 0 Å². The maximum Gasteiger partial charge on any atom is 0.269 e. The van der Waals surface area contributed by atoms with Gasteiger partial charge in [0, 0.05) is 18.7 Å². The summed E-state index contributed by atoms with van der Waals surface area (Å²) < 4.78 is 21.2. The lowest BCUT2D eigenvalue weighted by Crippen LogP contribution is -2.39. The highest BCUT2D eigenvalue weighted by Crippen LogP contribution is 2.08. The van der Waals surface area contributed by atoms with Crippen LogP contribution in [0.5, 0.6) is 0 Å². The topological polar surface area (TPSA) is 54.5 Å². The third-order valence-corrected chi connectivity index (χ3v) is 2.54. The molecule has 0 spiro atoms. The predicted octanol–water partition coefficient (Wildman–Crippen LogP) is 0.192. The molecule has 0 fully saturated rings. The summed E-state index contributed by atoms with van der Waals surface area (Å²) >= 11 is 0. The van der Waals surface area contributed by atoms with Crippen LogP contribution in [0.25, 0.3) is 0 Å². The Balaban J connectivity index is 3.11. The van der Waals surface area contributed by atoms with Crippen LogP contribution in [0.4, 0.5) is 0 Å². The standard InChI is InChI=1S/C8H11NO3S/c1-6(2)9-5-3-4-7(8(9)10)13(11)12/h3,5-6H,4H2,1-2H3. The lowest BCUT2D eigenvalue weighted by Gasteiger charge is -2.25. The first kappa shape index (κ1) is 9.98. The molecule has 13 heavy (non-hydrogen) atoms. The van der Waals surface area contributed by atoms with Gasteiger partial charge in [-0.3, -0.25) is 4.79 Å². The number of rotatable bonds is 1. The maximum absolute atomic E-state index is 11.5. The van der Waals surface area contributed by atoms with E-state index in [1.165, 1.54) is 4.90 Å². The van der Waals surface area contributed by atoms with E-state index in [4.69, 9.17) is 0 Å². The van der Waals surface area contributed by atoms with Crippen LogP contribution in [0.1, 0.15) is 20.3 Å². The Bertz CT molecular complexity index is 370. The number of nitrogens with zero attached hydrogens (tertiary/aromatic N) is 1. The highest BCUT2D eigenvalue weighted by Gasteiger charge is 2.23. The molecule has 5 heteroatoms. The molecule has 0 bridgehead atoms. The summed E-state index contributed by atoms with van der Waals surface area (Å²) in [5.74, 6) is -0.411. The molecule has 0 aliphatic carbocycles. The maximum atomic E-state index is 11.5. The fourth-order valence-electron chi connectivity index (χ4n) is 1.12. The van der Waals surface area contributed by atoms with Crippen molar-refractivity contribution in [2.24, 2.45) is 0 Å². The third-order valence-electron chi connectivity index (χ3n) is 1.80. The minimum absolute atomic E-state index is 0.0115. The van der Waals surface area contributed by atoms with Crippen molar-refractivity contribution in [1.82, 2.24) is 4.90 Å². The highest BCUT2D eigenvalue weighted by atomic mass is 32.2. The summed E-state index contributed by atoms with van der Waals surface area (Å²) in [6.07, 6.45) is 3.51. The van der Waals surface area contributed by atoms with Gasteiger partial charge in [-0.1, -0.05) is 6.08 Å². The number of carbonyl (C=O) groups is 1. The van der Waals surface area contributed by atoms with Crippen molar-refractivity contribution in [2.45, 2.75) is 26.3 Å². The fraction of sp³-hybridized carbons (Fsp3) is 0.500. The smallest absolute Gasteiger partial charge is 0.269 e. The third kappa shape index (κ3) is 1.98. The van der Waals surface area contributed by atoms with Crippen molar-refractivity contribution in [2.75, 3.05) is 0 Å². The first-order valence-corrected chi connectivity index (χ1v) is 5.06. The second-order valence-electron chi connectivity index (χ2n) is 3.05. The Labute approximate surface area is 78.4 Å². The fourth-order valence-corrected chi connectivity index (χ4v) is 1.60. The molecule has 1 heterocycles.